The fourth-order valence-electron chi connectivity index (χ4n) is 2.28. The summed E-state index contributed by atoms with van der Waals surface area (Å²) in [5.74, 6) is -1.11. The Morgan fingerprint density at radius 2 is 1.90 bits per heavy atom. The van der Waals surface area contributed by atoms with E-state index in [4.69, 9.17) is 5.11 Å². The molecule has 1 aliphatic heterocycles. The first-order chi connectivity index (χ1) is 9.42. The molecule has 20 heavy (non-hydrogen) atoms. The van der Waals surface area contributed by atoms with Crippen molar-refractivity contribution >= 4 is 27.4 Å². The van der Waals surface area contributed by atoms with E-state index in [0.29, 0.717) is 18.8 Å². The molecule has 0 atom stereocenters. The maximum Gasteiger partial charge on any atom is 0.303 e. The topological polar surface area (TPSA) is 77.9 Å². The Labute approximate surface area is 118 Å². The molecule has 1 heterocycles. The molecule has 110 valence electrons. The second-order valence-electron chi connectivity index (χ2n) is 4.80. The summed E-state index contributed by atoms with van der Waals surface area (Å²) in [7, 11) is -1.55. The molecule has 0 saturated carbocycles. The fourth-order valence-corrected chi connectivity index (χ4v) is 3.83. The maximum atomic E-state index is 12.4. The highest BCUT2D eigenvalue weighted by molar-refractivity contribution is 7.92. The summed E-state index contributed by atoms with van der Waals surface area (Å²) in [4.78, 5) is 12.5. The Hall–Kier alpha value is -1.76. The van der Waals surface area contributed by atoms with Gasteiger partial charge in [-0.15, -0.1) is 0 Å². The number of carboxylic acid groups (broad SMARTS) is 1. The van der Waals surface area contributed by atoms with Crippen molar-refractivity contribution in [3.8, 4) is 0 Å². The minimum Gasteiger partial charge on any atom is -0.481 e. The highest BCUT2D eigenvalue weighted by Crippen LogP contribution is 2.33. The van der Waals surface area contributed by atoms with E-state index in [2.05, 4.69) is 0 Å². The van der Waals surface area contributed by atoms with Crippen LogP contribution in [0.2, 0.25) is 0 Å². The normalized spacial score (nSPS) is 15.1. The molecule has 7 heteroatoms. The van der Waals surface area contributed by atoms with Crippen molar-refractivity contribution in [2.75, 3.05) is 35.1 Å². The van der Waals surface area contributed by atoms with Crippen molar-refractivity contribution < 1.29 is 18.3 Å². The van der Waals surface area contributed by atoms with Crippen molar-refractivity contribution in [1.29, 1.82) is 0 Å². The average molecular weight is 298 g/mol. The molecule has 0 fully saturated rings. The number of hydrogen-bond donors (Lipinski definition) is 1. The SMILES string of the molecule is CN1CCN(S(=O)(=O)CCCC(=O)O)c2ccccc21. The summed E-state index contributed by atoms with van der Waals surface area (Å²) >= 11 is 0. The number of nitrogens with zero attached hydrogens (tertiary/aromatic N) is 2. The van der Waals surface area contributed by atoms with Gasteiger partial charge in [-0.2, -0.15) is 0 Å². The molecule has 2 rings (SSSR count). The molecule has 0 radical (unpaired) electrons. The number of carbonyl (C=O) groups is 1. The number of hydrogen-bond acceptors (Lipinski definition) is 4. The van der Waals surface area contributed by atoms with Gasteiger partial charge in [-0.05, 0) is 18.6 Å². The molecule has 1 aromatic rings. The first-order valence-electron chi connectivity index (χ1n) is 6.44. The Bertz CT molecular complexity index is 600. The van der Waals surface area contributed by atoms with Gasteiger partial charge in [0.15, 0.2) is 0 Å². The smallest absolute Gasteiger partial charge is 0.303 e. The molecule has 0 amide bonds. The van der Waals surface area contributed by atoms with Crippen LogP contribution in [0.5, 0.6) is 0 Å². The lowest BCUT2D eigenvalue weighted by molar-refractivity contribution is -0.137. The summed E-state index contributed by atoms with van der Waals surface area (Å²) in [6.07, 6.45) is 0.000786. The number of likely N-dealkylation sites (N-methyl/N-ethyl adjacent to an activating group) is 1. The molecule has 0 saturated heterocycles. The van der Waals surface area contributed by atoms with Gasteiger partial charge in [0.25, 0.3) is 0 Å². The highest BCUT2D eigenvalue weighted by atomic mass is 32.2. The van der Waals surface area contributed by atoms with E-state index < -0.39 is 16.0 Å². The van der Waals surface area contributed by atoms with E-state index in [-0.39, 0.29) is 18.6 Å². The van der Waals surface area contributed by atoms with Gasteiger partial charge in [0.05, 0.1) is 23.7 Å². The highest BCUT2D eigenvalue weighted by Gasteiger charge is 2.28. The van der Waals surface area contributed by atoms with Gasteiger partial charge in [0.2, 0.25) is 10.0 Å². The van der Waals surface area contributed by atoms with Crippen LogP contribution in [0, 0.1) is 0 Å². The van der Waals surface area contributed by atoms with Crippen LogP contribution in [0.3, 0.4) is 0 Å². The second-order valence-corrected chi connectivity index (χ2v) is 6.81. The third-order valence-corrected chi connectivity index (χ3v) is 5.18. The number of fused-ring (bicyclic) bond motifs is 1. The zero-order valence-electron chi connectivity index (χ0n) is 11.3. The third-order valence-electron chi connectivity index (χ3n) is 3.33. The van der Waals surface area contributed by atoms with Crippen LogP contribution in [0.1, 0.15) is 12.8 Å². The van der Waals surface area contributed by atoms with Crippen molar-refractivity contribution in [3.63, 3.8) is 0 Å². The van der Waals surface area contributed by atoms with Gasteiger partial charge in [0, 0.05) is 20.0 Å². The number of aliphatic carboxylic acids is 1. The molecule has 0 aromatic heterocycles. The number of anilines is 2. The summed E-state index contributed by atoms with van der Waals surface area (Å²) in [5, 5.41) is 8.60. The number of sulfonamides is 1. The van der Waals surface area contributed by atoms with Crippen LogP contribution in [0.4, 0.5) is 11.4 Å². The number of carboxylic acids is 1. The van der Waals surface area contributed by atoms with E-state index in [1.54, 1.807) is 12.1 Å². The maximum absolute atomic E-state index is 12.4. The summed E-state index contributed by atoms with van der Waals surface area (Å²) in [6.45, 7) is 1.01. The van der Waals surface area contributed by atoms with Gasteiger partial charge in [-0.3, -0.25) is 9.10 Å². The molecular formula is C13H18N2O4S. The van der Waals surface area contributed by atoms with E-state index in [1.807, 2.05) is 24.1 Å². The first-order valence-corrected chi connectivity index (χ1v) is 8.05. The Morgan fingerprint density at radius 1 is 1.25 bits per heavy atom. The van der Waals surface area contributed by atoms with Crippen molar-refractivity contribution in [2.45, 2.75) is 12.8 Å². The Morgan fingerprint density at radius 3 is 2.55 bits per heavy atom. The zero-order chi connectivity index (χ0) is 14.8. The summed E-state index contributed by atoms with van der Waals surface area (Å²) in [5.41, 5.74) is 1.54. The quantitative estimate of drug-likeness (QED) is 0.882. The first kappa shape index (κ1) is 14.6. The average Bonchev–Trinajstić information content (AvgIpc) is 2.38. The van der Waals surface area contributed by atoms with Crippen LogP contribution >= 0.6 is 0 Å². The summed E-state index contributed by atoms with van der Waals surface area (Å²) < 4.78 is 26.1. The van der Waals surface area contributed by atoms with E-state index >= 15 is 0 Å². The third kappa shape index (κ3) is 3.04. The van der Waals surface area contributed by atoms with Gasteiger partial charge in [-0.1, -0.05) is 12.1 Å². The van der Waals surface area contributed by atoms with E-state index in [9.17, 15) is 13.2 Å². The summed E-state index contributed by atoms with van der Waals surface area (Å²) in [6, 6.07) is 7.33. The van der Waals surface area contributed by atoms with Crippen LogP contribution in [-0.4, -0.2) is 45.4 Å². The van der Waals surface area contributed by atoms with Crippen molar-refractivity contribution in [3.05, 3.63) is 24.3 Å². The monoisotopic (exact) mass is 298 g/mol. The van der Waals surface area contributed by atoms with Gasteiger partial charge < -0.3 is 10.0 Å². The Balaban J connectivity index is 2.21. The molecule has 1 aliphatic rings. The molecule has 0 bridgehead atoms. The minimum absolute atomic E-state index is 0.130. The van der Waals surface area contributed by atoms with Gasteiger partial charge in [0.1, 0.15) is 0 Å². The van der Waals surface area contributed by atoms with Gasteiger partial charge >= 0.3 is 5.97 Å². The standard InChI is InChI=1S/C13H18N2O4S/c1-14-8-9-15(12-6-3-2-5-11(12)14)20(18,19)10-4-7-13(16)17/h2-3,5-6H,4,7-10H2,1H3,(H,16,17). The zero-order valence-corrected chi connectivity index (χ0v) is 12.1. The second kappa shape index (κ2) is 5.70. The number of para-hydroxylation sites is 2. The van der Waals surface area contributed by atoms with Crippen LogP contribution in [-0.2, 0) is 14.8 Å². The molecule has 0 aliphatic carbocycles. The lowest BCUT2D eigenvalue weighted by Crippen LogP contribution is -2.43. The molecule has 1 aromatic carbocycles. The van der Waals surface area contributed by atoms with E-state index in [0.717, 1.165) is 5.69 Å². The molecule has 6 nitrogen and oxygen atoms in total. The van der Waals surface area contributed by atoms with Crippen LogP contribution in [0.25, 0.3) is 0 Å². The van der Waals surface area contributed by atoms with Crippen LogP contribution < -0.4 is 9.21 Å². The predicted molar refractivity (Wildman–Crippen MR) is 77.7 cm³/mol. The van der Waals surface area contributed by atoms with Crippen molar-refractivity contribution in [2.24, 2.45) is 0 Å². The Kier molecular flexibility index (Phi) is 4.17. The molecule has 0 unspecified atom stereocenters. The molecular weight excluding hydrogens is 280 g/mol. The largest absolute Gasteiger partial charge is 0.481 e. The minimum atomic E-state index is -3.47. The van der Waals surface area contributed by atoms with Gasteiger partial charge in [-0.25, -0.2) is 8.42 Å². The fraction of sp³-hybridized carbons (Fsp3) is 0.462. The lowest BCUT2D eigenvalue weighted by Gasteiger charge is -2.36. The predicted octanol–water partition coefficient (Wildman–Crippen LogP) is 1.14. The van der Waals surface area contributed by atoms with E-state index in [1.165, 1.54) is 4.31 Å². The number of benzene rings is 1. The van der Waals surface area contributed by atoms with Crippen LogP contribution in [0.15, 0.2) is 24.3 Å². The molecule has 0 spiro atoms. The lowest BCUT2D eigenvalue weighted by atomic mass is 10.2. The number of rotatable bonds is 5. The van der Waals surface area contributed by atoms with Crippen molar-refractivity contribution in [1.82, 2.24) is 0 Å². The molecule has 1 N–H and O–H groups in total.